The molecule has 2 saturated carbocycles. The fraction of sp³-hybridized carbons (Fsp3) is 1.00. The van der Waals surface area contributed by atoms with E-state index in [9.17, 15) is 5.11 Å². The Labute approximate surface area is 105 Å². The van der Waals surface area contributed by atoms with Crippen molar-refractivity contribution in [2.24, 2.45) is 5.92 Å². The van der Waals surface area contributed by atoms with Gasteiger partial charge in [0, 0.05) is 12.1 Å². The number of likely N-dealkylation sites (tertiary alicyclic amines) is 1. The molecular formula is C15H27NO. The maximum atomic E-state index is 9.88. The predicted molar refractivity (Wildman–Crippen MR) is 69.9 cm³/mol. The fourth-order valence-corrected chi connectivity index (χ4v) is 4.56. The van der Waals surface area contributed by atoms with E-state index in [-0.39, 0.29) is 6.10 Å². The van der Waals surface area contributed by atoms with Crippen molar-refractivity contribution < 1.29 is 5.11 Å². The Morgan fingerprint density at radius 2 is 1.65 bits per heavy atom. The third-order valence-electron chi connectivity index (χ3n) is 5.37. The molecule has 1 aliphatic heterocycles. The van der Waals surface area contributed by atoms with Crippen LogP contribution >= 0.6 is 0 Å². The van der Waals surface area contributed by atoms with Gasteiger partial charge in [0.1, 0.15) is 0 Å². The lowest BCUT2D eigenvalue weighted by molar-refractivity contribution is -0.0119. The average Bonchev–Trinajstić information content (AvgIpc) is 2.38. The van der Waals surface area contributed by atoms with Crippen LogP contribution in [0.3, 0.4) is 0 Å². The molecule has 0 aromatic rings. The van der Waals surface area contributed by atoms with Gasteiger partial charge in [-0.2, -0.15) is 0 Å². The maximum absolute atomic E-state index is 9.88. The van der Waals surface area contributed by atoms with Gasteiger partial charge in [-0.1, -0.05) is 12.8 Å². The van der Waals surface area contributed by atoms with E-state index in [2.05, 4.69) is 4.90 Å². The number of aliphatic hydroxyl groups excluding tert-OH is 1. The van der Waals surface area contributed by atoms with Crippen LogP contribution < -0.4 is 0 Å². The molecule has 3 fully saturated rings. The zero-order valence-corrected chi connectivity index (χ0v) is 11.0. The summed E-state index contributed by atoms with van der Waals surface area (Å²) in [7, 11) is 0. The van der Waals surface area contributed by atoms with Crippen LogP contribution in [0.4, 0.5) is 0 Å². The molecule has 0 spiro atoms. The summed E-state index contributed by atoms with van der Waals surface area (Å²) in [5.74, 6) is 0.983. The average molecular weight is 237 g/mol. The Balaban J connectivity index is 1.67. The highest BCUT2D eigenvalue weighted by molar-refractivity contribution is 4.92. The maximum Gasteiger partial charge on any atom is 0.0555 e. The SMILES string of the molecule is OC1CCCC(N2CCC[C@H]3CCCC[C@H]32)C1. The smallest absolute Gasteiger partial charge is 0.0555 e. The van der Waals surface area contributed by atoms with Crippen LogP contribution in [-0.4, -0.2) is 34.7 Å². The van der Waals surface area contributed by atoms with Gasteiger partial charge in [-0.25, -0.2) is 0 Å². The molecule has 0 aromatic carbocycles. The first-order valence-corrected chi connectivity index (χ1v) is 7.78. The molecular weight excluding hydrogens is 210 g/mol. The number of piperidine rings is 1. The lowest BCUT2D eigenvalue weighted by Crippen LogP contribution is -2.53. The fourth-order valence-electron chi connectivity index (χ4n) is 4.56. The van der Waals surface area contributed by atoms with E-state index >= 15 is 0 Å². The van der Waals surface area contributed by atoms with Crippen molar-refractivity contribution in [3.8, 4) is 0 Å². The molecule has 0 radical (unpaired) electrons. The number of fused-ring (bicyclic) bond motifs is 1. The molecule has 98 valence electrons. The number of hydrogen-bond donors (Lipinski definition) is 1. The molecule has 4 atom stereocenters. The number of rotatable bonds is 1. The topological polar surface area (TPSA) is 23.5 Å². The second-order valence-electron chi connectivity index (χ2n) is 6.47. The van der Waals surface area contributed by atoms with Crippen LogP contribution in [0.5, 0.6) is 0 Å². The van der Waals surface area contributed by atoms with Crippen LogP contribution in [0.1, 0.15) is 64.2 Å². The molecule has 2 nitrogen and oxygen atoms in total. The minimum atomic E-state index is -0.0160. The monoisotopic (exact) mass is 237 g/mol. The summed E-state index contributed by atoms with van der Waals surface area (Å²) < 4.78 is 0. The third kappa shape index (κ3) is 2.53. The van der Waals surface area contributed by atoms with E-state index in [4.69, 9.17) is 0 Å². The first-order chi connectivity index (χ1) is 8.34. The van der Waals surface area contributed by atoms with Crippen molar-refractivity contribution in [3.05, 3.63) is 0 Å². The van der Waals surface area contributed by atoms with Crippen molar-refractivity contribution in [1.82, 2.24) is 4.90 Å². The predicted octanol–water partition coefficient (Wildman–Crippen LogP) is 2.94. The molecule has 2 aliphatic carbocycles. The third-order valence-corrected chi connectivity index (χ3v) is 5.37. The molecule has 2 heteroatoms. The lowest BCUT2D eigenvalue weighted by Gasteiger charge is -2.49. The van der Waals surface area contributed by atoms with Crippen LogP contribution in [-0.2, 0) is 0 Å². The first-order valence-electron chi connectivity index (χ1n) is 7.78. The molecule has 17 heavy (non-hydrogen) atoms. The van der Waals surface area contributed by atoms with E-state index in [0.29, 0.717) is 6.04 Å². The Bertz CT molecular complexity index is 253. The molecule has 3 aliphatic rings. The Morgan fingerprint density at radius 3 is 2.53 bits per heavy atom. The summed E-state index contributed by atoms with van der Waals surface area (Å²) in [4.78, 5) is 2.80. The summed E-state index contributed by atoms with van der Waals surface area (Å²) in [5, 5.41) is 9.88. The van der Waals surface area contributed by atoms with Gasteiger partial charge in [-0.05, 0) is 63.8 Å². The van der Waals surface area contributed by atoms with Gasteiger partial charge in [0.05, 0.1) is 6.10 Å². The molecule has 1 heterocycles. The van der Waals surface area contributed by atoms with E-state index in [1.54, 1.807) is 0 Å². The first kappa shape index (κ1) is 12.0. The van der Waals surface area contributed by atoms with Gasteiger partial charge in [0.25, 0.3) is 0 Å². The molecule has 0 aromatic heterocycles. The minimum Gasteiger partial charge on any atom is -0.393 e. The van der Waals surface area contributed by atoms with E-state index < -0.39 is 0 Å². The minimum absolute atomic E-state index is 0.0160. The highest BCUT2D eigenvalue weighted by Crippen LogP contribution is 2.38. The highest BCUT2D eigenvalue weighted by atomic mass is 16.3. The van der Waals surface area contributed by atoms with Gasteiger partial charge >= 0.3 is 0 Å². The van der Waals surface area contributed by atoms with E-state index in [1.807, 2.05) is 0 Å². The van der Waals surface area contributed by atoms with Gasteiger partial charge in [0.2, 0.25) is 0 Å². The van der Waals surface area contributed by atoms with Crippen LogP contribution in [0.25, 0.3) is 0 Å². The van der Waals surface area contributed by atoms with E-state index in [0.717, 1.165) is 24.8 Å². The highest BCUT2D eigenvalue weighted by Gasteiger charge is 2.37. The standard InChI is InChI=1S/C15H27NO/c17-14-8-3-7-13(11-14)16-10-4-6-12-5-1-2-9-15(12)16/h12-15,17H,1-11H2/t12-,13?,14?,15-/m1/s1. The number of hydrogen-bond acceptors (Lipinski definition) is 2. The second-order valence-corrected chi connectivity index (χ2v) is 6.47. The summed E-state index contributed by atoms with van der Waals surface area (Å²) in [6, 6.07) is 1.57. The van der Waals surface area contributed by atoms with E-state index in [1.165, 1.54) is 57.9 Å². The largest absolute Gasteiger partial charge is 0.393 e. The molecule has 2 unspecified atom stereocenters. The number of nitrogens with zero attached hydrogens (tertiary/aromatic N) is 1. The van der Waals surface area contributed by atoms with Crippen molar-refractivity contribution in [1.29, 1.82) is 0 Å². The second kappa shape index (κ2) is 5.27. The molecule has 0 amide bonds. The Kier molecular flexibility index (Phi) is 3.72. The zero-order valence-electron chi connectivity index (χ0n) is 11.0. The summed E-state index contributed by atoms with van der Waals surface area (Å²) in [5.41, 5.74) is 0. The van der Waals surface area contributed by atoms with Crippen LogP contribution in [0.15, 0.2) is 0 Å². The van der Waals surface area contributed by atoms with Gasteiger partial charge in [-0.3, -0.25) is 4.90 Å². The van der Waals surface area contributed by atoms with Gasteiger partial charge in [0.15, 0.2) is 0 Å². The van der Waals surface area contributed by atoms with Crippen molar-refractivity contribution >= 4 is 0 Å². The lowest BCUT2D eigenvalue weighted by atomic mass is 9.76. The van der Waals surface area contributed by atoms with Crippen molar-refractivity contribution in [3.63, 3.8) is 0 Å². The zero-order chi connectivity index (χ0) is 11.7. The summed E-state index contributed by atoms with van der Waals surface area (Å²) in [6.07, 6.45) is 13.3. The normalized spacial score (nSPS) is 44.3. The summed E-state index contributed by atoms with van der Waals surface area (Å²) >= 11 is 0. The molecule has 1 saturated heterocycles. The Hall–Kier alpha value is -0.0800. The van der Waals surface area contributed by atoms with Gasteiger partial charge < -0.3 is 5.11 Å². The van der Waals surface area contributed by atoms with Gasteiger partial charge in [-0.15, -0.1) is 0 Å². The molecule has 0 bridgehead atoms. The molecule has 1 N–H and O–H groups in total. The van der Waals surface area contributed by atoms with Crippen LogP contribution in [0.2, 0.25) is 0 Å². The number of aliphatic hydroxyl groups is 1. The quantitative estimate of drug-likeness (QED) is 0.758. The van der Waals surface area contributed by atoms with Crippen LogP contribution in [0, 0.1) is 5.92 Å². The summed E-state index contributed by atoms with van der Waals surface area (Å²) in [6.45, 7) is 1.30. The van der Waals surface area contributed by atoms with Crippen molar-refractivity contribution in [2.75, 3.05) is 6.54 Å². The Morgan fingerprint density at radius 1 is 0.824 bits per heavy atom. The molecule has 3 rings (SSSR count). The van der Waals surface area contributed by atoms with Crippen molar-refractivity contribution in [2.45, 2.75) is 82.4 Å².